The van der Waals surface area contributed by atoms with Crippen LogP contribution in [-0.4, -0.2) is 21.1 Å². The molecule has 102 valence electrons. The van der Waals surface area contributed by atoms with Crippen molar-refractivity contribution in [2.75, 3.05) is 5.32 Å². The number of aryl methyl sites for hydroxylation is 2. The van der Waals surface area contributed by atoms with Crippen molar-refractivity contribution >= 4 is 17.6 Å². The summed E-state index contributed by atoms with van der Waals surface area (Å²) in [7, 11) is 0. The highest BCUT2D eigenvalue weighted by Crippen LogP contribution is 2.18. The van der Waals surface area contributed by atoms with Crippen molar-refractivity contribution in [3.8, 4) is 0 Å². The highest BCUT2D eigenvalue weighted by Gasteiger charge is 2.18. The third-order valence-corrected chi connectivity index (χ3v) is 2.64. The van der Waals surface area contributed by atoms with E-state index in [1.54, 1.807) is 0 Å². The molecule has 2 aromatic rings. The molecule has 1 amide bonds. The first kappa shape index (κ1) is 13.4. The summed E-state index contributed by atoms with van der Waals surface area (Å²) in [6.45, 7) is 9.39. The average molecular weight is 261 g/mol. The van der Waals surface area contributed by atoms with Gasteiger partial charge in [-0.15, -0.1) is 0 Å². The predicted molar refractivity (Wildman–Crippen MR) is 74.5 cm³/mol. The van der Waals surface area contributed by atoms with E-state index in [0.717, 1.165) is 16.9 Å². The molecule has 2 rings (SSSR count). The lowest BCUT2D eigenvalue weighted by Crippen LogP contribution is -2.27. The fraction of sp³-hybridized carbons (Fsp3) is 0.429. The Labute approximate surface area is 112 Å². The number of anilines is 1. The number of amides is 1. The van der Waals surface area contributed by atoms with Crippen molar-refractivity contribution in [2.24, 2.45) is 0 Å². The standard InChI is InChI=1S/C14H19N3O2/c1-9-6-7-17-10(2)12(15-11(17)8-9)16-13(18)19-14(3,4)5/h6-8H,1-5H3,(H,16,18). The fourth-order valence-corrected chi connectivity index (χ4v) is 1.79. The Balaban J connectivity index is 2.26. The average Bonchev–Trinajstić information content (AvgIpc) is 2.52. The zero-order valence-corrected chi connectivity index (χ0v) is 11.9. The van der Waals surface area contributed by atoms with Gasteiger partial charge in [0.25, 0.3) is 0 Å². The van der Waals surface area contributed by atoms with Crippen molar-refractivity contribution in [3.63, 3.8) is 0 Å². The number of carbonyl (C=O) groups is 1. The van der Waals surface area contributed by atoms with Gasteiger partial charge in [0.15, 0.2) is 5.82 Å². The first-order valence-corrected chi connectivity index (χ1v) is 6.21. The van der Waals surface area contributed by atoms with Gasteiger partial charge >= 0.3 is 6.09 Å². The molecule has 0 spiro atoms. The van der Waals surface area contributed by atoms with Gasteiger partial charge in [-0.3, -0.25) is 5.32 Å². The van der Waals surface area contributed by atoms with E-state index >= 15 is 0 Å². The Hall–Kier alpha value is -2.04. The number of carbonyl (C=O) groups excluding carboxylic acids is 1. The lowest BCUT2D eigenvalue weighted by molar-refractivity contribution is 0.0635. The minimum Gasteiger partial charge on any atom is -0.444 e. The van der Waals surface area contributed by atoms with E-state index in [2.05, 4.69) is 10.3 Å². The zero-order valence-electron chi connectivity index (χ0n) is 11.9. The van der Waals surface area contributed by atoms with E-state index in [-0.39, 0.29) is 0 Å². The molecule has 2 heterocycles. The van der Waals surface area contributed by atoms with Crippen molar-refractivity contribution in [1.82, 2.24) is 9.38 Å². The van der Waals surface area contributed by atoms with Gasteiger partial charge in [-0.05, 0) is 52.3 Å². The summed E-state index contributed by atoms with van der Waals surface area (Å²) >= 11 is 0. The largest absolute Gasteiger partial charge is 0.444 e. The number of hydrogen-bond acceptors (Lipinski definition) is 3. The SMILES string of the molecule is Cc1ccn2c(C)c(NC(=O)OC(C)(C)C)nc2c1. The molecule has 0 saturated carbocycles. The van der Waals surface area contributed by atoms with Crippen LogP contribution < -0.4 is 5.32 Å². The minimum absolute atomic E-state index is 0.490. The normalized spacial score (nSPS) is 11.6. The highest BCUT2D eigenvalue weighted by molar-refractivity contribution is 5.85. The number of rotatable bonds is 1. The molecular weight excluding hydrogens is 242 g/mol. The summed E-state index contributed by atoms with van der Waals surface area (Å²) in [5, 5.41) is 2.68. The number of hydrogen-bond donors (Lipinski definition) is 1. The summed E-state index contributed by atoms with van der Waals surface area (Å²) in [4.78, 5) is 16.1. The van der Waals surface area contributed by atoms with E-state index in [0.29, 0.717) is 5.82 Å². The smallest absolute Gasteiger partial charge is 0.413 e. The monoisotopic (exact) mass is 261 g/mol. The van der Waals surface area contributed by atoms with Crippen LogP contribution in [0.1, 0.15) is 32.0 Å². The molecule has 0 saturated heterocycles. The summed E-state index contributed by atoms with van der Waals surface area (Å²) in [6.07, 6.45) is 1.45. The van der Waals surface area contributed by atoms with Gasteiger partial charge in [0.05, 0.1) is 5.69 Å². The number of imidazole rings is 1. The third kappa shape index (κ3) is 3.05. The van der Waals surface area contributed by atoms with Crippen molar-refractivity contribution in [2.45, 2.75) is 40.2 Å². The number of nitrogens with one attached hydrogen (secondary N) is 1. The topological polar surface area (TPSA) is 55.6 Å². The van der Waals surface area contributed by atoms with Crippen LogP contribution in [0.15, 0.2) is 18.3 Å². The maximum Gasteiger partial charge on any atom is 0.413 e. The Bertz CT molecular complexity index is 623. The van der Waals surface area contributed by atoms with E-state index in [4.69, 9.17) is 4.74 Å². The van der Waals surface area contributed by atoms with Gasteiger partial charge in [-0.1, -0.05) is 0 Å². The summed E-state index contributed by atoms with van der Waals surface area (Å²) < 4.78 is 7.15. The van der Waals surface area contributed by atoms with E-state index in [1.807, 2.05) is 57.3 Å². The van der Waals surface area contributed by atoms with E-state index in [9.17, 15) is 4.79 Å². The second-order valence-electron chi connectivity index (χ2n) is 5.61. The predicted octanol–water partition coefficient (Wildman–Crippen LogP) is 3.30. The highest BCUT2D eigenvalue weighted by atomic mass is 16.6. The van der Waals surface area contributed by atoms with E-state index in [1.165, 1.54) is 0 Å². The quantitative estimate of drug-likeness (QED) is 0.857. The summed E-state index contributed by atoms with van der Waals surface area (Å²) in [5.74, 6) is 0.528. The molecule has 0 radical (unpaired) electrons. The van der Waals surface area contributed by atoms with Gasteiger partial charge in [0.1, 0.15) is 11.2 Å². The molecular formula is C14H19N3O2. The number of pyridine rings is 1. The summed E-state index contributed by atoms with van der Waals surface area (Å²) in [6, 6.07) is 3.96. The molecule has 1 N–H and O–H groups in total. The fourth-order valence-electron chi connectivity index (χ4n) is 1.79. The van der Waals surface area contributed by atoms with Crippen molar-refractivity contribution in [1.29, 1.82) is 0 Å². The molecule has 0 aliphatic rings. The van der Waals surface area contributed by atoms with Crippen molar-refractivity contribution in [3.05, 3.63) is 29.6 Å². The molecule has 0 aliphatic heterocycles. The van der Waals surface area contributed by atoms with Crippen LogP contribution in [0.25, 0.3) is 5.65 Å². The molecule has 0 aromatic carbocycles. The van der Waals surface area contributed by atoms with Gasteiger partial charge < -0.3 is 9.14 Å². The first-order valence-electron chi connectivity index (χ1n) is 6.21. The third-order valence-electron chi connectivity index (χ3n) is 2.64. The van der Waals surface area contributed by atoms with Crippen LogP contribution in [0.2, 0.25) is 0 Å². The van der Waals surface area contributed by atoms with Gasteiger partial charge in [-0.2, -0.15) is 0 Å². The van der Waals surface area contributed by atoms with Crippen LogP contribution in [0.4, 0.5) is 10.6 Å². The van der Waals surface area contributed by atoms with Gasteiger partial charge in [0, 0.05) is 6.20 Å². The number of nitrogens with zero attached hydrogens (tertiary/aromatic N) is 2. The lowest BCUT2D eigenvalue weighted by atomic mass is 10.2. The molecule has 2 aromatic heterocycles. The second-order valence-corrected chi connectivity index (χ2v) is 5.61. The Morgan fingerprint density at radius 3 is 2.68 bits per heavy atom. The van der Waals surface area contributed by atoms with Crippen molar-refractivity contribution < 1.29 is 9.53 Å². The Morgan fingerprint density at radius 2 is 2.05 bits per heavy atom. The van der Waals surface area contributed by atoms with Crippen LogP contribution in [0.3, 0.4) is 0 Å². The maximum absolute atomic E-state index is 11.7. The van der Waals surface area contributed by atoms with Gasteiger partial charge in [0.2, 0.25) is 0 Å². The van der Waals surface area contributed by atoms with Crippen LogP contribution in [0.5, 0.6) is 0 Å². The maximum atomic E-state index is 11.7. The van der Waals surface area contributed by atoms with Gasteiger partial charge in [-0.25, -0.2) is 9.78 Å². The summed E-state index contributed by atoms with van der Waals surface area (Å²) in [5.41, 5.74) is 2.29. The zero-order chi connectivity index (χ0) is 14.2. The molecule has 0 aliphatic carbocycles. The molecule has 0 fully saturated rings. The molecule has 5 nitrogen and oxygen atoms in total. The molecule has 19 heavy (non-hydrogen) atoms. The molecule has 5 heteroatoms. The first-order chi connectivity index (χ1) is 8.76. The molecule has 0 bridgehead atoms. The minimum atomic E-state index is -0.520. The molecule has 0 unspecified atom stereocenters. The van der Waals surface area contributed by atoms with Crippen LogP contribution in [-0.2, 0) is 4.74 Å². The van der Waals surface area contributed by atoms with Crippen LogP contribution >= 0.6 is 0 Å². The van der Waals surface area contributed by atoms with E-state index < -0.39 is 11.7 Å². The van der Waals surface area contributed by atoms with Crippen LogP contribution in [0, 0.1) is 13.8 Å². The number of aromatic nitrogens is 2. The lowest BCUT2D eigenvalue weighted by Gasteiger charge is -2.19. The Morgan fingerprint density at radius 1 is 1.37 bits per heavy atom. The number of ether oxygens (including phenoxy) is 1. The molecule has 0 atom stereocenters. The Kier molecular flexibility index (Phi) is 3.22. The second kappa shape index (κ2) is 4.57. The number of fused-ring (bicyclic) bond motifs is 1.